The second-order valence-corrected chi connectivity index (χ2v) is 7.74. The van der Waals surface area contributed by atoms with E-state index in [1.807, 2.05) is 27.7 Å². The Kier molecular flexibility index (Phi) is 10.2. The van der Waals surface area contributed by atoms with Crippen LogP contribution >= 0.6 is 0 Å². The minimum absolute atomic E-state index is 0.0465. The van der Waals surface area contributed by atoms with Crippen molar-refractivity contribution in [2.75, 3.05) is 26.9 Å². The van der Waals surface area contributed by atoms with Gasteiger partial charge in [-0.05, 0) is 47.5 Å². The predicted octanol–water partition coefficient (Wildman–Crippen LogP) is 1.50. The first-order chi connectivity index (χ1) is 15.7. The Morgan fingerprint density at radius 2 is 1.70 bits per heavy atom. The van der Waals surface area contributed by atoms with Crippen molar-refractivity contribution in [1.82, 2.24) is 15.0 Å². The quantitative estimate of drug-likeness (QED) is 0.370. The van der Waals surface area contributed by atoms with E-state index in [0.29, 0.717) is 0 Å². The van der Waals surface area contributed by atoms with Crippen LogP contribution in [0.2, 0.25) is 0 Å². The largest absolute Gasteiger partial charge is 0.461 e. The standard InChI is InChI=1S/C22H33N3O8/c1-8-29-17(26)11-10-15-18(22(27)30-9-2)23-24-25(15)21-20(32-14(5)6)19(31-13(3)4)16(33-21)12-28-7/h13-14,16,19-21H,8-9,12H2,1-7H3/t16-,19-,20-,21-/m1/s1. The minimum Gasteiger partial charge on any atom is -0.461 e. The molecule has 184 valence electrons. The second kappa shape index (κ2) is 12.6. The van der Waals surface area contributed by atoms with Gasteiger partial charge in [0.05, 0.1) is 32.0 Å². The summed E-state index contributed by atoms with van der Waals surface area (Å²) in [5.74, 6) is 3.52. The lowest BCUT2D eigenvalue weighted by atomic mass is 10.1. The summed E-state index contributed by atoms with van der Waals surface area (Å²) in [5.41, 5.74) is -0.0951. The van der Waals surface area contributed by atoms with Crippen LogP contribution in [0.25, 0.3) is 0 Å². The number of carbonyl (C=O) groups excluding carboxylic acids is 2. The lowest BCUT2D eigenvalue weighted by Crippen LogP contribution is -2.41. The number of hydrogen-bond donors (Lipinski definition) is 0. The Hall–Kier alpha value is -2.52. The van der Waals surface area contributed by atoms with Gasteiger partial charge in [-0.1, -0.05) is 5.21 Å². The zero-order chi connectivity index (χ0) is 24.5. The minimum atomic E-state index is -0.849. The summed E-state index contributed by atoms with van der Waals surface area (Å²) >= 11 is 0. The lowest BCUT2D eigenvalue weighted by molar-refractivity contribution is -0.136. The molecule has 2 heterocycles. The number of aromatic nitrogens is 3. The maximum Gasteiger partial charge on any atom is 0.384 e. The summed E-state index contributed by atoms with van der Waals surface area (Å²) in [4.78, 5) is 24.3. The molecule has 1 fully saturated rings. The third-order valence-corrected chi connectivity index (χ3v) is 4.44. The lowest BCUT2D eigenvalue weighted by Gasteiger charge is -2.27. The van der Waals surface area contributed by atoms with Gasteiger partial charge in [-0.2, -0.15) is 0 Å². The molecule has 0 aliphatic carbocycles. The maximum absolute atomic E-state index is 12.5. The number of esters is 2. The number of rotatable bonds is 10. The van der Waals surface area contributed by atoms with Gasteiger partial charge in [0.1, 0.15) is 24.0 Å². The first kappa shape index (κ1) is 26.7. The number of ether oxygens (including phenoxy) is 6. The molecular formula is C22H33N3O8. The van der Waals surface area contributed by atoms with E-state index in [0.717, 1.165) is 0 Å². The molecule has 0 spiro atoms. The summed E-state index contributed by atoms with van der Waals surface area (Å²) in [6, 6.07) is 0. The third-order valence-electron chi connectivity index (χ3n) is 4.44. The molecule has 1 saturated heterocycles. The highest BCUT2D eigenvalue weighted by Gasteiger charge is 2.49. The zero-order valence-electron chi connectivity index (χ0n) is 20.2. The SMILES string of the molecule is CCOC(=O)C#Cc1c(C(=O)OCC)nnn1[C@@H]1O[C@H](COC)[C@@H](OC(C)C)[C@H]1OC(C)C. The van der Waals surface area contributed by atoms with E-state index >= 15 is 0 Å². The van der Waals surface area contributed by atoms with Crippen molar-refractivity contribution < 1.29 is 38.0 Å². The highest BCUT2D eigenvalue weighted by molar-refractivity contribution is 5.92. The van der Waals surface area contributed by atoms with Crippen LogP contribution in [0.3, 0.4) is 0 Å². The molecule has 1 aliphatic rings. The molecule has 0 amide bonds. The molecule has 0 N–H and O–H groups in total. The molecule has 1 aromatic heterocycles. The van der Waals surface area contributed by atoms with Crippen molar-refractivity contribution in [2.45, 2.75) is 78.3 Å². The number of nitrogens with zero attached hydrogens (tertiary/aromatic N) is 3. The Morgan fingerprint density at radius 1 is 1.06 bits per heavy atom. The van der Waals surface area contributed by atoms with Gasteiger partial charge < -0.3 is 28.4 Å². The molecule has 1 aromatic rings. The molecular weight excluding hydrogens is 434 g/mol. The maximum atomic E-state index is 12.5. The molecule has 4 atom stereocenters. The fourth-order valence-electron chi connectivity index (χ4n) is 3.34. The van der Waals surface area contributed by atoms with E-state index in [2.05, 4.69) is 22.2 Å². The van der Waals surface area contributed by atoms with Crippen LogP contribution in [-0.4, -0.2) is 84.4 Å². The highest BCUT2D eigenvalue weighted by atomic mass is 16.6. The summed E-state index contributed by atoms with van der Waals surface area (Å²) in [6.45, 7) is 11.5. The van der Waals surface area contributed by atoms with Gasteiger partial charge in [-0.3, -0.25) is 0 Å². The van der Waals surface area contributed by atoms with Crippen LogP contribution in [0, 0.1) is 11.8 Å². The molecule has 33 heavy (non-hydrogen) atoms. The molecule has 2 rings (SSSR count). The average molecular weight is 468 g/mol. The molecule has 0 bridgehead atoms. The molecule has 0 unspecified atom stereocenters. The number of methoxy groups -OCH3 is 1. The Bertz CT molecular complexity index is 858. The number of carbonyl (C=O) groups is 2. The molecule has 0 radical (unpaired) electrons. The van der Waals surface area contributed by atoms with Crippen molar-refractivity contribution in [3.05, 3.63) is 11.4 Å². The van der Waals surface area contributed by atoms with E-state index in [1.165, 1.54) is 4.68 Å². The van der Waals surface area contributed by atoms with Crippen molar-refractivity contribution in [3.63, 3.8) is 0 Å². The van der Waals surface area contributed by atoms with Gasteiger partial charge in [-0.25, -0.2) is 14.3 Å². The summed E-state index contributed by atoms with van der Waals surface area (Å²) in [6.07, 6.45) is -2.71. The Morgan fingerprint density at radius 3 is 2.27 bits per heavy atom. The van der Waals surface area contributed by atoms with Gasteiger partial charge in [0.15, 0.2) is 6.23 Å². The average Bonchev–Trinajstić information content (AvgIpc) is 3.29. The smallest absolute Gasteiger partial charge is 0.384 e. The zero-order valence-corrected chi connectivity index (χ0v) is 20.2. The topological polar surface area (TPSA) is 120 Å². The molecule has 1 aliphatic heterocycles. The van der Waals surface area contributed by atoms with Crippen molar-refractivity contribution in [3.8, 4) is 11.8 Å². The third kappa shape index (κ3) is 6.98. The number of hydrogen-bond acceptors (Lipinski definition) is 10. The summed E-state index contributed by atoms with van der Waals surface area (Å²) in [5, 5.41) is 8.05. The Labute approximate surface area is 194 Å². The van der Waals surface area contributed by atoms with E-state index in [-0.39, 0.29) is 43.4 Å². The van der Waals surface area contributed by atoms with Crippen LogP contribution < -0.4 is 0 Å². The first-order valence-electron chi connectivity index (χ1n) is 11.0. The van der Waals surface area contributed by atoms with Crippen molar-refractivity contribution >= 4 is 11.9 Å². The van der Waals surface area contributed by atoms with Crippen LogP contribution in [0.1, 0.15) is 64.0 Å². The monoisotopic (exact) mass is 467 g/mol. The fraction of sp³-hybridized carbons (Fsp3) is 0.727. The van der Waals surface area contributed by atoms with Crippen LogP contribution in [0.5, 0.6) is 0 Å². The van der Waals surface area contributed by atoms with Crippen LogP contribution in [0.15, 0.2) is 0 Å². The highest BCUT2D eigenvalue weighted by Crippen LogP contribution is 2.36. The van der Waals surface area contributed by atoms with Crippen molar-refractivity contribution in [1.29, 1.82) is 0 Å². The predicted molar refractivity (Wildman–Crippen MR) is 115 cm³/mol. The van der Waals surface area contributed by atoms with E-state index in [4.69, 9.17) is 28.4 Å². The van der Waals surface area contributed by atoms with Crippen LogP contribution in [-0.2, 0) is 33.2 Å². The van der Waals surface area contributed by atoms with Gasteiger partial charge in [0.2, 0.25) is 5.69 Å². The van der Waals surface area contributed by atoms with Gasteiger partial charge in [0, 0.05) is 13.0 Å². The van der Waals surface area contributed by atoms with Crippen LogP contribution in [0.4, 0.5) is 0 Å². The van der Waals surface area contributed by atoms with E-state index in [9.17, 15) is 9.59 Å². The first-order valence-corrected chi connectivity index (χ1v) is 11.0. The second-order valence-electron chi connectivity index (χ2n) is 7.74. The summed E-state index contributed by atoms with van der Waals surface area (Å²) in [7, 11) is 1.56. The molecule has 0 aromatic carbocycles. The fourth-order valence-corrected chi connectivity index (χ4v) is 3.34. The Balaban J connectivity index is 2.55. The van der Waals surface area contributed by atoms with Crippen molar-refractivity contribution in [2.24, 2.45) is 0 Å². The van der Waals surface area contributed by atoms with E-state index < -0.39 is 36.5 Å². The molecule has 11 nitrogen and oxygen atoms in total. The summed E-state index contributed by atoms with van der Waals surface area (Å²) < 4.78 is 35.0. The van der Waals surface area contributed by atoms with Gasteiger partial charge in [0.25, 0.3) is 0 Å². The van der Waals surface area contributed by atoms with E-state index in [1.54, 1.807) is 21.0 Å². The molecule has 11 heteroatoms. The molecule has 0 saturated carbocycles. The normalized spacial score (nSPS) is 22.3. The van der Waals surface area contributed by atoms with Gasteiger partial charge in [-0.15, -0.1) is 5.10 Å². The van der Waals surface area contributed by atoms with Gasteiger partial charge >= 0.3 is 11.9 Å².